The van der Waals surface area contributed by atoms with E-state index in [4.69, 9.17) is 4.74 Å². The molecule has 1 amide bonds. The maximum absolute atomic E-state index is 12.3. The molecule has 0 spiro atoms. The number of benzene rings is 3. The summed E-state index contributed by atoms with van der Waals surface area (Å²) in [6, 6.07) is 24.2. The Hall–Kier alpha value is -3.27. The number of hydrogen-bond acceptors (Lipinski definition) is 3. The molecule has 29 heavy (non-hydrogen) atoms. The van der Waals surface area contributed by atoms with E-state index in [9.17, 15) is 4.79 Å². The average Bonchev–Trinajstić information content (AvgIpc) is 3.11. The summed E-state index contributed by atoms with van der Waals surface area (Å²) in [5.74, 6) is 0.993. The third-order valence-electron chi connectivity index (χ3n) is 5.29. The van der Waals surface area contributed by atoms with E-state index in [0.29, 0.717) is 11.7 Å². The van der Waals surface area contributed by atoms with E-state index in [1.165, 1.54) is 22.4 Å². The van der Waals surface area contributed by atoms with Crippen LogP contribution >= 0.6 is 0 Å². The quantitative estimate of drug-likeness (QED) is 0.586. The average molecular weight is 386 g/mol. The van der Waals surface area contributed by atoms with Crippen LogP contribution in [0.5, 0.6) is 5.75 Å². The van der Waals surface area contributed by atoms with Gasteiger partial charge in [0.2, 0.25) is 0 Å². The van der Waals surface area contributed by atoms with Gasteiger partial charge in [-0.15, -0.1) is 0 Å². The van der Waals surface area contributed by atoms with Crippen molar-refractivity contribution in [2.45, 2.75) is 32.7 Å². The van der Waals surface area contributed by atoms with Crippen LogP contribution in [0.2, 0.25) is 0 Å². The molecule has 0 fully saturated rings. The molecule has 4 heteroatoms. The van der Waals surface area contributed by atoms with E-state index >= 15 is 0 Å². The summed E-state index contributed by atoms with van der Waals surface area (Å²) in [5.41, 5.74) is 5.76. The fourth-order valence-electron chi connectivity index (χ4n) is 3.69. The lowest BCUT2D eigenvalue weighted by Crippen LogP contribution is -2.19. The molecule has 1 heterocycles. The molecule has 0 saturated heterocycles. The van der Waals surface area contributed by atoms with Crippen molar-refractivity contribution in [1.82, 2.24) is 0 Å². The van der Waals surface area contributed by atoms with Crippen molar-refractivity contribution in [2.24, 2.45) is 0 Å². The monoisotopic (exact) mass is 386 g/mol. The number of rotatable bonds is 5. The van der Waals surface area contributed by atoms with Gasteiger partial charge < -0.3 is 9.64 Å². The fourth-order valence-corrected chi connectivity index (χ4v) is 3.69. The molecule has 148 valence electrons. The van der Waals surface area contributed by atoms with Crippen LogP contribution in [-0.2, 0) is 13.0 Å². The molecule has 0 atom stereocenters. The highest BCUT2D eigenvalue weighted by atomic mass is 16.6. The minimum Gasteiger partial charge on any atom is -0.410 e. The number of anilines is 2. The predicted octanol–water partition coefficient (Wildman–Crippen LogP) is 5.98. The van der Waals surface area contributed by atoms with Crippen molar-refractivity contribution in [1.29, 1.82) is 0 Å². The lowest BCUT2D eigenvalue weighted by Gasteiger charge is -2.19. The van der Waals surface area contributed by atoms with Crippen molar-refractivity contribution in [3.05, 3.63) is 89.5 Å². The number of nitrogens with one attached hydrogen (secondary N) is 1. The smallest absolute Gasteiger partial charge is 0.410 e. The first-order chi connectivity index (χ1) is 14.1. The molecular weight excluding hydrogens is 360 g/mol. The molecular formula is C25H26N2O2. The summed E-state index contributed by atoms with van der Waals surface area (Å²) < 4.78 is 5.41. The van der Waals surface area contributed by atoms with E-state index < -0.39 is 6.09 Å². The third-order valence-corrected chi connectivity index (χ3v) is 5.29. The standard InChI is InChI=1S/C25H26N2O2/c1-18(2)20-8-11-23(12-9-20)29-25(28)26-22-10-13-24-21(16-22)14-15-27(24)17-19-6-4-3-5-7-19/h3-13,16,18H,14-15,17H2,1-2H3,(H,26,28). The zero-order valence-corrected chi connectivity index (χ0v) is 16.9. The molecule has 1 aliphatic rings. The van der Waals surface area contributed by atoms with Crippen LogP contribution in [0.25, 0.3) is 0 Å². The minimum atomic E-state index is -0.471. The molecule has 1 aliphatic heterocycles. The second-order valence-electron chi connectivity index (χ2n) is 7.74. The number of nitrogens with zero attached hydrogens (tertiary/aromatic N) is 1. The van der Waals surface area contributed by atoms with Crippen LogP contribution in [0.15, 0.2) is 72.8 Å². The van der Waals surface area contributed by atoms with E-state index in [1.54, 1.807) is 0 Å². The number of hydrogen-bond donors (Lipinski definition) is 1. The molecule has 0 unspecified atom stereocenters. The van der Waals surface area contributed by atoms with Gasteiger partial charge in [-0.3, -0.25) is 5.32 Å². The molecule has 0 bridgehead atoms. The molecule has 4 nitrogen and oxygen atoms in total. The number of amides is 1. The summed E-state index contributed by atoms with van der Waals surface area (Å²) in [5, 5.41) is 2.84. The van der Waals surface area contributed by atoms with E-state index in [1.807, 2.05) is 42.5 Å². The maximum Gasteiger partial charge on any atom is 0.417 e. The first kappa shape index (κ1) is 19.1. The largest absolute Gasteiger partial charge is 0.417 e. The zero-order chi connectivity index (χ0) is 20.2. The van der Waals surface area contributed by atoms with Crippen LogP contribution in [0, 0.1) is 0 Å². The van der Waals surface area contributed by atoms with Gasteiger partial charge in [0, 0.05) is 24.5 Å². The molecule has 1 N–H and O–H groups in total. The van der Waals surface area contributed by atoms with E-state index in [-0.39, 0.29) is 0 Å². The van der Waals surface area contributed by atoms with Crippen molar-refractivity contribution in [3.8, 4) is 5.75 Å². The Morgan fingerprint density at radius 1 is 1.03 bits per heavy atom. The van der Waals surface area contributed by atoms with Crippen LogP contribution in [0.1, 0.15) is 36.5 Å². The highest BCUT2D eigenvalue weighted by molar-refractivity contribution is 5.87. The second kappa shape index (κ2) is 8.39. The second-order valence-corrected chi connectivity index (χ2v) is 7.74. The summed E-state index contributed by atoms with van der Waals surface area (Å²) in [4.78, 5) is 14.6. The minimum absolute atomic E-state index is 0.450. The lowest BCUT2D eigenvalue weighted by atomic mass is 10.0. The van der Waals surface area contributed by atoms with Crippen LogP contribution in [-0.4, -0.2) is 12.6 Å². The first-order valence-electron chi connectivity index (χ1n) is 10.1. The van der Waals surface area contributed by atoms with Gasteiger partial charge in [0.15, 0.2) is 0 Å². The Bertz CT molecular complexity index is 981. The maximum atomic E-state index is 12.3. The van der Waals surface area contributed by atoms with Crippen molar-refractivity contribution >= 4 is 17.5 Å². The number of fused-ring (bicyclic) bond motifs is 1. The van der Waals surface area contributed by atoms with Gasteiger partial charge >= 0.3 is 6.09 Å². The number of carbonyl (C=O) groups is 1. The van der Waals surface area contributed by atoms with Gasteiger partial charge in [-0.2, -0.15) is 0 Å². The normalized spacial score (nSPS) is 12.7. The van der Waals surface area contributed by atoms with Gasteiger partial charge in [0.1, 0.15) is 5.75 Å². The predicted molar refractivity (Wildman–Crippen MR) is 118 cm³/mol. The van der Waals surface area contributed by atoms with E-state index in [2.05, 4.69) is 54.4 Å². The third kappa shape index (κ3) is 4.60. The molecule has 4 rings (SSSR count). The van der Waals surface area contributed by atoms with Gasteiger partial charge in [-0.25, -0.2) is 4.79 Å². The number of carbonyl (C=O) groups excluding carboxylic acids is 1. The van der Waals surface area contributed by atoms with Crippen molar-refractivity contribution in [2.75, 3.05) is 16.8 Å². The fraction of sp³-hybridized carbons (Fsp3) is 0.240. The summed E-state index contributed by atoms with van der Waals surface area (Å²) in [6.07, 6.45) is 0.505. The molecule has 3 aromatic rings. The van der Waals surface area contributed by atoms with Crippen molar-refractivity contribution < 1.29 is 9.53 Å². The first-order valence-corrected chi connectivity index (χ1v) is 10.1. The van der Waals surface area contributed by atoms with Crippen LogP contribution in [0.3, 0.4) is 0 Å². The molecule has 0 radical (unpaired) electrons. The molecule has 3 aromatic carbocycles. The van der Waals surface area contributed by atoms with Gasteiger partial charge in [-0.1, -0.05) is 56.3 Å². The van der Waals surface area contributed by atoms with Gasteiger partial charge in [0.05, 0.1) is 0 Å². The van der Waals surface area contributed by atoms with Crippen LogP contribution < -0.4 is 15.0 Å². The van der Waals surface area contributed by atoms with E-state index in [0.717, 1.165) is 25.2 Å². The van der Waals surface area contributed by atoms with Crippen LogP contribution in [0.4, 0.5) is 16.2 Å². The molecule has 0 saturated carbocycles. The highest BCUT2D eigenvalue weighted by Gasteiger charge is 2.20. The lowest BCUT2D eigenvalue weighted by molar-refractivity contribution is 0.215. The Morgan fingerprint density at radius 2 is 1.79 bits per heavy atom. The van der Waals surface area contributed by atoms with Gasteiger partial charge in [0.25, 0.3) is 0 Å². The Morgan fingerprint density at radius 3 is 2.52 bits per heavy atom. The Labute approximate surface area is 172 Å². The molecule has 0 aromatic heterocycles. The Balaban J connectivity index is 1.38. The van der Waals surface area contributed by atoms with Crippen molar-refractivity contribution in [3.63, 3.8) is 0 Å². The van der Waals surface area contributed by atoms with Gasteiger partial charge in [-0.05, 0) is 59.4 Å². The summed E-state index contributed by atoms with van der Waals surface area (Å²) in [6.45, 7) is 6.16. The SMILES string of the molecule is CC(C)c1ccc(OC(=O)Nc2ccc3c(c2)CCN3Cc2ccccc2)cc1. The summed E-state index contributed by atoms with van der Waals surface area (Å²) >= 11 is 0. The Kier molecular flexibility index (Phi) is 5.52. The molecule has 0 aliphatic carbocycles. The number of ether oxygens (including phenoxy) is 1. The zero-order valence-electron chi connectivity index (χ0n) is 16.9. The topological polar surface area (TPSA) is 41.6 Å². The highest BCUT2D eigenvalue weighted by Crippen LogP contribution is 2.31. The summed E-state index contributed by atoms with van der Waals surface area (Å²) in [7, 11) is 0.